The lowest BCUT2D eigenvalue weighted by Gasteiger charge is -2.02. The summed E-state index contributed by atoms with van der Waals surface area (Å²) < 4.78 is 0. The highest BCUT2D eigenvalue weighted by Gasteiger charge is 2.05. The van der Waals surface area contributed by atoms with Gasteiger partial charge in [-0.3, -0.25) is 4.79 Å². The number of anilines is 1. The van der Waals surface area contributed by atoms with Gasteiger partial charge in [-0.15, -0.1) is 11.3 Å². The van der Waals surface area contributed by atoms with E-state index < -0.39 is 0 Å². The van der Waals surface area contributed by atoms with Gasteiger partial charge in [-0.1, -0.05) is 17.7 Å². The van der Waals surface area contributed by atoms with Crippen molar-refractivity contribution in [3.05, 3.63) is 39.9 Å². The van der Waals surface area contributed by atoms with Gasteiger partial charge < -0.3 is 5.32 Å². The molecule has 16 heavy (non-hydrogen) atoms. The van der Waals surface area contributed by atoms with Crippen LogP contribution in [0.3, 0.4) is 0 Å². The predicted octanol–water partition coefficient (Wildman–Crippen LogP) is 2.37. The van der Waals surface area contributed by atoms with Crippen LogP contribution in [-0.4, -0.2) is 15.9 Å². The molecule has 0 bridgehead atoms. The van der Waals surface area contributed by atoms with Crippen molar-refractivity contribution in [1.29, 1.82) is 0 Å². The zero-order valence-electron chi connectivity index (χ0n) is 8.18. The zero-order chi connectivity index (χ0) is 11.4. The van der Waals surface area contributed by atoms with Gasteiger partial charge in [-0.2, -0.15) is 0 Å². The molecule has 0 aliphatic carbocycles. The maximum Gasteiger partial charge on any atom is 0.230 e. The van der Waals surface area contributed by atoms with Crippen molar-refractivity contribution in [3.63, 3.8) is 0 Å². The first-order valence-corrected chi connectivity index (χ1v) is 5.79. The Morgan fingerprint density at radius 2 is 2.38 bits per heavy atom. The van der Waals surface area contributed by atoms with Gasteiger partial charge in [-0.05, 0) is 11.4 Å². The molecule has 0 aliphatic heterocycles. The average molecular weight is 254 g/mol. The number of amides is 1. The second kappa shape index (κ2) is 5.05. The summed E-state index contributed by atoms with van der Waals surface area (Å²) >= 11 is 7.22. The van der Waals surface area contributed by atoms with Crippen molar-refractivity contribution in [2.45, 2.75) is 6.42 Å². The molecule has 82 valence electrons. The lowest BCUT2D eigenvalue weighted by molar-refractivity contribution is -0.115. The molecule has 0 saturated heterocycles. The number of nitrogens with one attached hydrogen (secondary N) is 1. The van der Waals surface area contributed by atoms with Gasteiger partial charge >= 0.3 is 0 Å². The molecule has 2 rings (SSSR count). The van der Waals surface area contributed by atoms with E-state index in [2.05, 4.69) is 15.3 Å². The minimum atomic E-state index is -0.114. The van der Waals surface area contributed by atoms with Gasteiger partial charge in [0.25, 0.3) is 0 Å². The Morgan fingerprint density at radius 3 is 3.06 bits per heavy atom. The summed E-state index contributed by atoms with van der Waals surface area (Å²) in [4.78, 5) is 20.2. The fourth-order valence-corrected chi connectivity index (χ4v) is 2.01. The van der Waals surface area contributed by atoms with E-state index in [0.717, 1.165) is 4.88 Å². The maximum absolute atomic E-state index is 11.6. The van der Waals surface area contributed by atoms with Crippen LogP contribution in [0, 0.1) is 0 Å². The number of hydrogen-bond acceptors (Lipinski definition) is 4. The third-order valence-corrected chi connectivity index (χ3v) is 2.90. The van der Waals surface area contributed by atoms with Gasteiger partial charge in [0.2, 0.25) is 5.91 Å². The summed E-state index contributed by atoms with van der Waals surface area (Å²) in [6.07, 6.45) is 1.66. The molecule has 2 heterocycles. The van der Waals surface area contributed by atoms with Crippen molar-refractivity contribution < 1.29 is 4.79 Å². The van der Waals surface area contributed by atoms with Crippen LogP contribution >= 0.6 is 22.9 Å². The lowest BCUT2D eigenvalue weighted by atomic mass is 10.3. The normalized spacial score (nSPS) is 10.1. The van der Waals surface area contributed by atoms with E-state index in [4.69, 9.17) is 11.6 Å². The highest BCUT2D eigenvalue weighted by Crippen LogP contribution is 2.12. The molecule has 0 aliphatic rings. The number of halogens is 1. The Bertz CT molecular complexity index is 487. The minimum Gasteiger partial charge on any atom is -0.310 e. The number of carbonyl (C=O) groups is 1. The molecule has 0 atom stereocenters. The molecule has 2 aromatic heterocycles. The second-order valence-corrected chi connectivity index (χ2v) is 4.45. The van der Waals surface area contributed by atoms with Gasteiger partial charge in [-0.25, -0.2) is 9.97 Å². The van der Waals surface area contributed by atoms with Gasteiger partial charge in [0.1, 0.15) is 17.3 Å². The minimum absolute atomic E-state index is 0.114. The SMILES string of the molecule is O=C(Cc1cccs1)Nc1cc(Cl)ncn1. The van der Waals surface area contributed by atoms with Crippen molar-refractivity contribution in [3.8, 4) is 0 Å². The number of aromatic nitrogens is 2. The second-order valence-electron chi connectivity index (χ2n) is 3.03. The molecule has 4 nitrogen and oxygen atoms in total. The van der Waals surface area contributed by atoms with Gasteiger partial charge in [0.05, 0.1) is 6.42 Å². The molecule has 1 N–H and O–H groups in total. The fourth-order valence-electron chi connectivity index (χ4n) is 1.16. The molecule has 0 radical (unpaired) electrons. The maximum atomic E-state index is 11.6. The van der Waals surface area contributed by atoms with Crippen molar-refractivity contribution in [1.82, 2.24) is 9.97 Å². The number of nitrogens with zero attached hydrogens (tertiary/aromatic N) is 2. The molecule has 0 aromatic carbocycles. The van der Waals surface area contributed by atoms with E-state index in [1.165, 1.54) is 12.4 Å². The Hall–Kier alpha value is -1.46. The van der Waals surface area contributed by atoms with Crippen molar-refractivity contribution >= 4 is 34.7 Å². The van der Waals surface area contributed by atoms with Crippen LogP contribution in [0.2, 0.25) is 5.15 Å². The van der Waals surface area contributed by atoms with Crippen LogP contribution in [0.4, 0.5) is 5.82 Å². The fraction of sp³-hybridized carbons (Fsp3) is 0.100. The number of carbonyl (C=O) groups excluding carboxylic acids is 1. The third-order valence-electron chi connectivity index (χ3n) is 1.82. The van der Waals surface area contributed by atoms with E-state index in [1.807, 2.05) is 17.5 Å². The van der Waals surface area contributed by atoms with E-state index in [1.54, 1.807) is 11.3 Å². The van der Waals surface area contributed by atoms with Gasteiger partial charge in [0, 0.05) is 10.9 Å². The molecule has 0 spiro atoms. The Balaban J connectivity index is 1.97. The quantitative estimate of drug-likeness (QED) is 0.855. The van der Waals surface area contributed by atoms with Crippen LogP contribution < -0.4 is 5.32 Å². The number of rotatable bonds is 3. The van der Waals surface area contributed by atoms with Crippen LogP contribution in [0.5, 0.6) is 0 Å². The standard InChI is InChI=1S/C10H8ClN3OS/c11-8-5-9(13-6-12-8)14-10(15)4-7-2-1-3-16-7/h1-3,5-6H,4H2,(H,12,13,14,15). The highest BCUT2D eigenvalue weighted by atomic mass is 35.5. The third kappa shape index (κ3) is 3.01. The molecule has 1 amide bonds. The van der Waals surface area contributed by atoms with Crippen LogP contribution in [0.1, 0.15) is 4.88 Å². The van der Waals surface area contributed by atoms with E-state index in [9.17, 15) is 4.79 Å². The molecule has 6 heteroatoms. The monoisotopic (exact) mass is 253 g/mol. The molecule has 0 saturated carbocycles. The first kappa shape index (κ1) is 11.0. The average Bonchev–Trinajstić information content (AvgIpc) is 2.70. The summed E-state index contributed by atoms with van der Waals surface area (Å²) in [5.41, 5.74) is 0. The van der Waals surface area contributed by atoms with E-state index in [0.29, 0.717) is 17.4 Å². The summed E-state index contributed by atoms with van der Waals surface area (Å²) in [6.45, 7) is 0. The first-order valence-electron chi connectivity index (χ1n) is 4.54. The Morgan fingerprint density at radius 1 is 1.50 bits per heavy atom. The van der Waals surface area contributed by atoms with Crippen molar-refractivity contribution in [2.24, 2.45) is 0 Å². The number of hydrogen-bond donors (Lipinski definition) is 1. The predicted molar refractivity (Wildman–Crippen MR) is 63.7 cm³/mol. The molecule has 0 unspecified atom stereocenters. The van der Waals surface area contributed by atoms with E-state index in [-0.39, 0.29) is 5.91 Å². The molecule has 0 fully saturated rings. The van der Waals surface area contributed by atoms with E-state index >= 15 is 0 Å². The number of thiophene rings is 1. The molecular weight excluding hydrogens is 246 g/mol. The largest absolute Gasteiger partial charge is 0.310 e. The smallest absolute Gasteiger partial charge is 0.230 e. The summed E-state index contributed by atoms with van der Waals surface area (Å²) in [6, 6.07) is 5.33. The summed E-state index contributed by atoms with van der Waals surface area (Å²) in [7, 11) is 0. The van der Waals surface area contributed by atoms with Gasteiger partial charge in [0.15, 0.2) is 0 Å². The zero-order valence-corrected chi connectivity index (χ0v) is 9.76. The Kier molecular flexibility index (Phi) is 3.48. The van der Waals surface area contributed by atoms with Crippen molar-refractivity contribution in [2.75, 3.05) is 5.32 Å². The molecular formula is C10H8ClN3OS. The highest BCUT2D eigenvalue weighted by molar-refractivity contribution is 7.10. The first-order chi connectivity index (χ1) is 7.74. The molecule has 2 aromatic rings. The lowest BCUT2D eigenvalue weighted by Crippen LogP contribution is -2.14. The van der Waals surface area contributed by atoms with Crippen LogP contribution in [-0.2, 0) is 11.2 Å². The van der Waals surface area contributed by atoms with Crippen LogP contribution in [0.25, 0.3) is 0 Å². The summed E-state index contributed by atoms with van der Waals surface area (Å²) in [5, 5.41) is 4.89. The van der Waals surface area contributed by atoms with Crippen LogP contribution in [0.15, 0.2) is 29.9 Å². The topological polar surface area (TPSA) is 54.9 Å². The summed E-state index contributed by atoms with van der Waals surface area (Å²) in [5.74, 6) is 0.304. The Labute approximate surface area is 101 Å².